The van der Waals surface area contributed by atoms with Crippen LogP contribution >= 0.6 is 0 Å². The Morgan fingerprint density at radius 1 is 1.27 bits per heavy atom. The van der Waals surface area contributed by atoms with Gasteiger partial charge in [-0.25, -0.2) is 0 Å². The number of hydrogen-bond acceptors (Lipinski definition) is 7. The Kier molecular flexibility index (Phi) is 4.97. The molecule has 4 atom stereocenters. The number of anilines is 1. The van der Waals surface area contributed by atoms with Crippen molar-refractivity contribution in [2.75, 3.05) is 5.32 Å². The Morgan fingerprint density at radius 2 is 2.00 bits per heavy atom. The molecule has 158 valence electrons. The summed E-state index contributed by atoms with van der Waals surface area (Å²) in [5.74, 6) is -3.32. The molecular formula is C22H25N3O5. The molecule has 1 aromatic heterocycles. The van der Waals surface area contributed by atoms with Crippen molar-refractivity contribution in [3.05, 3.63) is 46.8 Å². The van der Waals surface area contributed by atoms with E-state index in [-0.39, 0.29) is 23.3 Å². The van der Waals surface area contributed by atoms with Gasteiger partial charge in [0, 0.05) is 24.1 Å². The first kappa shape index (κ1) is 20.3. The molecule has 1 fully saturated rings. The Labute approximate surface area is 173 Å². The number of para-hydroxylation sites is 1. The Hall–Kier alpha value is -3.00. The van der Waals surface area contributed by atoms with Crippen LogP contribution in [0.25, 0.3) is 0 Å². The molecule has 4 unspecified atom stereocenters. The van der Waals surface area contributed by atoms with Crippen molar-refractivity contribution in [2.45, 2.75) is 57.0 Å². The molecule has 4 N–H and O–H groups in total. The normalized spacial score (nSPS) is 24.3. The summed E-state index contributed by atoms with van der Waals surface area (Å²) in [7, 11) is 0. The fraction of sp³-hybridized carbons (Fsp3) is 0.455. The van der Waals surface area contributed by atoms with Crippen molar-refractivity contribution < 1.29 is 24.0 Å². The van der Waals surface area contributed by atoms with Gasteiger partial charge in [0.1, 0.15) is 11.3 Å². The van der Waals surface area contributed by atoms with Crippen LogP contribution in [0, 0.1) is 19.8 Å². The van der Waals surface area contributed by atoms with E-state index in [1.165, 1.54) is 0 Å². The van der Waals surface area contributed by atoms with Crippen LogP contribution in [0.15, 0.2) is 28.8 Å². The van der Waals surface area contributed by atoms with E-state index >= 15 is 0 Å². The van der Waals surface area contributed by atoms with Crippen LogP contribution < -0.4 is 11.1 Å². The van der Waals surface area contributed by atoms with E-state index in [2.05, 4.69) is 10.5 Å². The molecule has 1 aliphatic heterocycles. The zero-order valence-corrected chi connectivity index (χ0v) is 17.0. The summed E-state index contributed by atoms with van der Waals surface area (Å²) < 4.78 is 4.98. The van der Waals surface area contributed by atoms with E-state index in [0.29, 0.717) is 5.69 Å². The standard InChI is InChI=1S/C22H25N3O5/c1-11-18(12(2)30-25-11)20(27)17(26)10-22(23,21(28)29)19-13-6-3-4-8-15(13)24-16-9-5-7-14(16)19/h3-4,6,8,14,16,19,24H,5,7,9-10,23H2,1-2H3,(H,28,29). The Morgan fingerprint density at radius 3 is 2.67 bits per heavy atom. The summed E-state index contributed by atoms with van der Waals surface area (Å²) in [4.78, 5) is 38.2. The molecule has 8 nitrogen and oxygen atoms in total. The molecule has 2 aliphatic rings. The number of ketones is 2. The number of hydrogen-bond donors (Lipinski definition) is 3. The smallest absolute Gasteiger partial charge is 0.324 e. The van der Waals surface area contributed by atoms with E-state index in [1.807, 2.05) is 24.3 Å². The van der Waals surface area contributed by atoms with Gasteiger partial charge in [0.15, 0.2) is 0 Å². The lowest BCUT2D eigenvalue weighted by molar-refractivity contribution is -0.146. The molecule has 8 heteroatoms. The predicted molar refractivity (Wildman–Crippen MR) is 108 cm³/mol. The maximum atomic E-state index is 12.9. The van der Waals surface area contributed by atoms with Crippen molar-refractivity contribution in [3.8, 4) is 0 Å². The number of benzene rings is 1. The number of aliphatic carboxylic acids is 1. The first-order valence-corrected chi connectivity index (χ1v) is 10.1. The molecule has 30 heavy (non-hydrogen) atoms. The number of nitrogens with zero attached hydrogens (tertiary/aromatic N) is 1. The minimum absolute atomic E-state index is 0.0250. The Bertz CT molecular complexity index is 1010. The van der Waals surface area contributed by atoms with E-state index in [4.69, 9.17) is 10.3 Å². The molecule has 0 saturated heterocycles. The number of carboxylic acids is 1. The quantitative estimate of drug-likeness (QED) is 0.487. The third kappa shape index (κ3) is 3.11. The highest BCUT2D eigenvalue weighted by molar-refractivity contribution is 6.44. The number of nitrogens with one attached hydrogen (secondary N) is 1. The van der Waals surface area contributed by atoms with Gasteiger partial charge in [-0.15, -0.1) is 0 Å². The van der Waals surface area contributed by atoms with Crippen LogP contribution in [-0.4, -0.2) is 39.4 Å². The lowest BCUT2D eigenvalue weighted by Gasteiger charge is -2.44. The van der Waals surface area contributed by atoms with E-state index in [0.717, 1.165) is 30.5 Å². The molecule has 1 aliphatic carbocycles. The summed E-state index contributed by atoms with van der Waals surface area (Å²) in [5, 5.41) is 17.4. The molecular weight excluding hydrogens is 386 g/mol. The van der Waals surface area contributed by atoms with Crippen LogP contribution in [0.4, 0.5) is 5.69 Å². The predicted octanol–water partition coefficient (Wildman–Crippen LogP) is 2.59. The zero-order valence-electron chi connectivity index (χ0n) is 17.0. The number of aryl methyl sites for hydroxylation is 2. The fourth-order valence-corrected chi connectivity index (χ4v) is 5.17. The molecule has 0 spiro atoms. The number of carbonyl (C=O) groups is 3. The largest absolute Gasteiger partial charge is 0.480 e. The molecule has 0 amide bonds. The van der Waals surface area contributed by atoms with E-state index < -0.39 is 35.4 Å². The van der Waals surface area contributed by atoms with Crippen LogP contribution in [0.1, 0.15) is 59.0 Å². The molecule has 1 saturated carbocycles. The number of nitrogens with two attached hydrogens (primary N) is 1. The van der Waals surface area contributed by atoms with Gasteiger partial charge in [-0.05, 0) is 44.2 Å². The van der Waals surface area contributed by atoms with E-state index in [9.17, 15) is 19.5 Å². The lowest BCUT2D eigenvalue weighted by atomic mass is 9.66. The second-order valence-electron chi connectivity index (χ2n) is 8.38. The molecule has 1 aromatic carbocycles. The van der Waals surface area contributed by atoms with Gasteiger partial charge in [0.05, 0.1) is 11.3 Å². The van der Waals surface area contributed by atoms with Gasteiger partial charge >= 0.3 is 5.97 Å². The summed E-state index contributed by atoms with van der Waals surface area (Å²) in [6.45, 7) is 3.11. The van der Waals surface area contributed by atoms with Gasteiger partial charge in [-0.2, -0.15) is 0 Å². The third-order valence-electron chi connectivity index (χ3n) is 6.55. The van der Waals surface area contributed by atoms with Gasteiger partial charge in [-0.3, -0.25) is 14.4 Å². The SMILES string of the molecule is Cc1noc(C)c1C(=O)C(=O)CC(N)(C(=O)O)C1c2ccccc2NC2CCCC21. The number of carbonyl (C=O) groups excluding carboxylic acids is 2. The second-order valence-corrected chi connectivity index (χ2v) is 8.38. The van der Waals surface area contributed by atoms with Gasteiger partial charge in [0.2, 0.25) is 11.6 Å². The maximum Gasteiger partial charge on any atom is 0.324 e. The fourth-order valence-electron chi connectivity index (χ4n) is 5.17. The lowest BCUT2D eigenvalue weighted by Crippen LogP contribution is -2.59. The summed E-state index contributed by atoms with van der Waals surface area (Å²) in [6, 6.07) is 7.56. The minimum atomic E-state index is -1.91. The third-order valence-corrected chi connectivity index (χ3v) is 6.55. The van der Waals surface area contributed by atoms with Crippen LogP contribution in [0.2, 0.25) is 0 Å². The number of fused-ring (bicyclic) bond motifs is 2. The second kappa shape index (κ2) is 7.36. The average Bonchev–Trinajstić information content (AvgIpc) is 3.30. The minimum Gasteiger partial charge on any atom is -0.480 e. The molecule has 4 rings (SSSR count). The maximum absolute atomic E-state index is 12.9. The molecule has 2 aromatic rings. The summed E-state index contributed by atoms with van der Waals surface area (Å²) in [6.07, 6.45) is 2.09. The number of carboxylic acid groups (broad SMARTS) is 1. The van der Waals surface area contributed by atoms with Crippen molar-refractivity contribution in [1.29, 1.82) is 0 Å². The first-order chi connectivity index (χ1) is 14.2. The van der Waals surface area contributed by atoms with Crippen molar-refractivity contribution >= 4 is 23.2 Å². The molecule has 0 radical (unpaired) electrons. The van der Waals surface area contributed by atoms with E-state index in [1.54, 1.807) is 13.8 Å². The highest BCUT2D eigenvalue weighted by Gasteiger charge is 2.54. The van der Waals surface area contributed by atoms with Crippen molar-refractivity contribution in [1.82, 2.24) is 5.16 Å². The first-order valence-electron chi connectivity index (χ1n) is 10.1. The van der Waals surface area contributed by atoms with Crippen LogP contribution in [0.3, 0.4) is 0 Å². The van der Waals surface area contributed by atoms with Crippen molar-refractivity contribution in [3.63, 3.8) is 0 Å². The topological polar surface area (TPSA) is 136 Å². The monoisotopic (exact) mass is 411 g/mol. The number of aromatic nitrogens is 1. The van der Waals surface area contributed by atoms with Crippen LogP contribution in [0.5, 0.6) is 0 Å². The zero-order chi connectivity index (χ0) is 21.6. The Balaban J connectivity index is 1.73. The van der Waals surface area contributed by atoms with Gasteiger partial charge in [-0.1, -0.05) is 29.8 Å². The van der Waals surface area contributed by atoms with Crippen LogP contribution in [-0.2, 0) is 9.59 Å². The number of Topliss-reactive ketones (excluding diaryl/α,β-unsaturated/α-hetero) is 2. The summed E-state index contributed by atoms with van der Waals surface area (Å²) in [5.41, 5.74) is 6.61. The molecule has 0 bridgehead atoms. The van der Waals surface area contributed by atoms with Gasteiger partial charge in [0.25, 0.3) is 0 Å². The van der Waals surface area contributed by atoms with Gasteiger partial charge < -0.3 is 20.7 Å². The number of rotatable bonds is 6. The molecule has 2 heterocycles. The summed E-state index contributed by atoms with van der Waals surface area (Å²) >= 11 is 0. The van der Waals surface area contributed by atoms with Crippen molar-refractivity contribution in [2.24, 2.45) is 11.7 Å². The highest BCUT2D eigenvalue weighted by Crippen LogP contribution is 2.50. The average molecular weight is 411 g/mol. The highest BCUT2D eigenvalue weighted by atomic mass is 16.5.